The van der Waals surface area contributed by atoms with Crippen molar-refractivity contribution in [1.29, 1.82) is 0 Å². The number of rotatable bonds is 6. The summed E-state index contributed by atoms with van der Waals surface area (Å²) < 4.78 is 7.01. The first-order valence-electron chi connectivity index (χ1n) is 10.2. The van der Waals surface area contributed by atoms with Crippen LogP contribution in [-0.4, -0.2) is 21.4 Å². The lowest BCUT2D eigenvalue weighted by atomic mass is 10.0. The van der Waals surface area contributed by atoms with E-state index in [2.05, 4.69) is 31.0 Å². The van der Waals surface area contributed by atoms with Gasteiger partial charge in [-0.1, -0.05) is 18.2 Å². The Balaban J connectivity index is 1.66. The van der Waals surface area contributed by atoms with Gasteiger partial charge in [-0.15, -0.1) is 11.3 Å². The molecular weight excluding hydrogens is 408 g/mol. The smallest absolute Gasteiger partial charge is 0.263 e. The van der Waals surface area contributed by atoms with Gasteiger partial charge in [-0.2, -0.15) is 0 Å². The van der Waals surface area contributed by atoms with Gasteiger partial charge in [0, 0.05) is 16.5 Å². The zero-order valence-electron chi connectivity index (χ0n) is 18.0. The van der Waals surface area contributed by atoms with Gasteiger partial charge in [-0.25, -0.2) is 4.98 Å². The van der Waals surface area contributed by atoms with Crippen molar-refractivity contribution in [3.05, 3.63) is 81.2 Å². The summed E-state index contributed by atoms with van der Waals surface area (Å²) in [5.74, 6) is 0.561. The van der Waals surface area contributed by atoms with Gasteiger partial charge in [-0.3, -0.25) is 14.2 Å². The predicted molar refractivity (Wildman–Crippen MR) is 125 cm³/mol. The van der Waals surface area contributed by atoms with E-state index in [0.29, 0.717) is 21.5 Å². The number of hydrogen-bond donors (Lipinski definition) is 0. The van der Waals surface area contributed by atoms with E-state index in [1.165, 1.54) is 33.4 Å². The van der Waals surface area contributed by atoms with E-state index >= 15 is 0 Å². The molecule has 0 atom stereocenters. The van der Waals surface area contributed by atoms with Crippen molar-refractivity contribution in [1.82, 2.24) is 9.55 Å². The van der Waals surface area contributed by atoms with E-state index in [0.717, 1.165) is 11.1 Å². The summed E-state index contributed by atoms with van der Waals surface area (Å²) in [4.78, 5) is 31.1. The van der Waals surface area contributed by atoms with E-state index in [-0.39, 0.29) is 24.0 Å². The zero-order chi connectivity index (χ0) is 22.1. The largest absolute Gasteiger partial charge is 0.491 e. The van der Waals surface area contributed by atoms with Crippen molar-refractivity contribution < 1.29 is 9.53 Å². The van der Waals surface area contributed by atoms with Crippen LogP contribution < -0.4 is 10.3 Å². The molecule has 0 aliphatic carbocycles. The third kappa shape index (κ3) is 4.30. The molecule has 0 radical (unpaired) electrons. The molecule has 0 amide bonds. The number of carbonyl (C=O) groups excluding carboxylic acids is 1. The lowest BCUT2D eigenvalue weighted by Gasteiger charge is -2.10. The molecule has 0 aliphatic heterocycles. The third-order valence-electron chi connectivity index (χ3n) is 5.24. The number of fused-ring (bicyclic) bond motifs is 1. The predicted octanol–water partition coefficient (Wildman–Crippen LogP) is 5.41. The number of hydrogen-bond acceptors (Lipinski definition) is 5. The Morgan fingerprint density at radius 1 is 1.10 bits per heavy atom. The molecule has 0 bridgehead atoms. The van der Waals surface area contributed by atoms with Crippen molar-refractivity contribution in [2.75, 3.05) is 0 Å². The van der Waals surface area contributed by atoms with E-state index in [9.17, 15) is 9.59 Å². The Bertz CT molecular complexity index is 1320. The van der Waals surface area contributed by atoms with Crippen LogP contribution in [0, 0.1) is 13.8 Å². The summed E-state index contributed by atoms with van der Waals surface area (Å²) in [5.41, 5.74) is 4.54. The summed E-state index contributed by atoms with van der Waals surface area (Å²) in [6.07, 6.45) is 1.52. The minimum absolute atomic E-state index is 0.0611. The Morgan fingerprint density at radius 3 is 2.52 bits per heavy atom. The Hall–Kier alpha value is -3.25. The highest BCUT2D eigenvalue weighted by atomic mass is 32.1. The van der Waals surface area contributed by atoms with Crippen molar-refractivity contribution in [2.45, 2.75) is 40.3 Å². The number of benzene rings is 2. The first-order valence-corrected chi connectivity index (χ1v) is 11.1. The lowest BCUT2D eigenvalue weighted by Crippen LogP contribution is -2.24. The third-order valence-corrected chi connectivity index (χ3v) is 6.13. The summed E-state index contributed by atoms with van der Waals surface area (Å²) in [5, 5.41) is 2.52. The van der Waals surface area contributed by atoms with Gasteiger partial charge >= 0.3 is 0 Å². The van der Waals surface area contributed by atoms with Gasteiger partial charge in [0.1, 0.15) is 10.6 Å². The Morgan fingerprint density at radius 2 is 1.84 bits per heavy atom. The number of ether oxygens (including phenoxy) is 1. The molecule has 4 aromatic rings. The molecule has 158 valence electrons. The van der Waals surface area contributed by atoms with E-state index in [1.807, 2.05) is 25.3 Å². The summed E-state index contributed by atoms with van der Waals surface area (Å²) in [7, 11) is 0. The number of aromatic nitrogens is 2. The van der Waals surface area contributed by atoms with Crippen LogP contribution in [0.2, 0.25) is 0 Å². The monoisotopic (exact) mass is 432 g/mol. The Labute approximate surface area is 185 Å². The molecule has 5 nitrogen and oxygen atoms in total. The van der Waals surface area contributed by atoms with Crippen molar-refractivity contribution in [3.8, 4) is 16.9 Å². The van der Waals surface area contributed by atoms with E-state index < -0.39 is 0 Å². The van der Waals surface area contributed by atoms with E-state index in [1.54, 1.807) is 24.3 Å². The van der Waals surface area contributed by atoms with Crippen molar-refractivity contribution >= 4 is 27.3 Å². The Kier molecular flexibility index (Phi) is 5.74. The van der Waals surface area contributed by atoms with Crippen molar-refractivity contribution in [3.63, 3.8) is 0 Å². The van der Waals surface area contributed by atoms with E-state index in [4.69, 9.17) is 4.74 Å². The SMILES string of the molecule is Cc1ccc(-c2csc3ncn(CC(=O)c4ccc(OC(C)C)cc4)c(=O)c23)cc1C. The normalized spacial score (nSPS) is 11.3. The zero-order valence-corrected chi connectivity index (χ0v) is 18.8. The molecule has 4 rings (SSSR count). The minimum atomic E-state index is -0.201. The molecular formula is C25H24N2O3S. The minimum Gasteiger partial charge on any atom is -0.491 e. The number of carbonyl (C=O) groups is 1. The van der Waals surface area contributed by atoms with Gasteiger partial charge in [-0.05, 0) is 68.7 Å². The highest BCUT2D eigenvalue weighted by Gasteiger charge is 2.16. The average molecular weight is 433 g/mol. The fraction of sp³-hybridized carbons (Fsp3) is 0.240. The molecule has 0 saturated carbocycles. The standard InChI is InChI=1S/C25H24N2O3S/c1-15(2)30-20-9-7-18(8-10-20)22(28)12-27-14-26-24-23(25(27)29)21(13-31-24)19-6-5-16(3)17(4)11-19/h5-11,13-15H,12H2,1-4H3. The van der Waals surface area contributed by atoms with Crippen molar-refractivity contribution in [2.24, 2.45) is 0 Å². The quantitative estimate of drug-likeness (QED) is 0.382. The van der Waals surface area contributed by atoms with Crippen LogP contribution in [-0.2, 0) is 6.54 Å². The molecule has 2 heterocycles. The molecule has 0 fully saturated rings. The molecule has 2 aromatic carbocycles. The maximum absolute atomic E-state index is 13.2. The van der Waals surface area contributed by atoms with Crippen LogP contribution in [0.25, 0.3) is 21.3 Å². The molecule has 6 heteroatoms. The highest BCUT2D eigenvalue weighted by molar-refractivity contribution is 7.17. The van der Waals surface area contributed by atoms with Gasteiger partial charge in [0.15, 0.2) is 5.78 Å². The molecule has 0 unspecified atom stereocenters. The average Bonchev–Trinajstić information content (AvgIpc) is 3.17. The molecule has 2 aromatic heterocycles. The number of thiophene rings is 1. The number of aryl methyl sites for hydroxylation is 2. The molecule has 0 spiro atoms. The highest BCUT2D eigenvalue weighted by Crippen LogP contribution is 2.31. The molecule has 31 heavy (non-hydrogen) atoms. The molecule has 0 N–H and O–H groups in total. The summed E-state index contributed by atoms with van der Waals surface area (Å²) in [6.45, 7) is 7.96. The molecule has 0 saturated heterocycles. The van der Waals surface area contributed by atoms with Gasteiger partial charge in [0.05, 0.1) is 24.4 Å². The topological polar surface area (TPSA) is 61.2 Å². The lowest BCUT2D eigenvalue weighted by molar-refractivity contribution is 0.0970. The van der Waals surface area contributed by atoms with Crippen LogP contribution in [0.3, 0.4) is 0 Å². The fourth-order valence-corrected chi connectivity index (χ4v) is 4.35. The van der Waals surface area contributed by atoms with Gasteiger partial charge < -0.3 is 4.74 Å². The van der Waals surface area contributed by atoms with Crippen LogP contribution >= 0.6 is 11.3 Å². The molecule has 0 aliphatic rings. The van der Waals surface area contributed by atoms with Gasteiger partial charge in [0.25, 0.3) is 5.56 Å². The van der Waals surface area contributed by atoms with Crippen LogP contribution in [0.4, 0.5) is 0 Å². The second kappa shape index (κ2) is 8.47. The van der Waals surface area contributed by atoms with Gasteiger partial charge in [0.2, 0.25) is 0 Å². The number of nitrogens with zero attached hydrogens (tertiary/aromatic N) is 2. The van der Waals surface area contributed by atoms with Crippen LogP contribution in [0.5, 0.6) is 5.75 Å². The maximum Gasteiger partial charge on any atom is 0.263 e. The summed E-state index contributed by atoms with van der Waals surface area (Å²) in [6, 6.07) is 13.2. The van der Waals surface area contributed by atoms with Crippen LogP contribution in [0.1, 0.15) is 35.3 Å². The van der Waals surface area contributed by atoms with Crippen LogP contribution in [0.15, 0.2) is 59.0 Å². The second-order valence-corrected chi connectivity index (χ2v) is 8.78. The first-order chi connectivity index (χ1) is 14.8. The fourth-order valence-electron chi connectivity index (χ4n) is 3.44. The summed E-state index contributed by atoms with van der Waals surface area (Å²) >= 11 is 1.44. The number of ketones is 1. The number of Topliss-reactive ketones (excluding diaryl/α,β-unsaturated/α-hetero) is 1. The maximum atomic E-state index is 13.2. The second-order valence-electron chi connectivity index (χ2n) is 7.92. The first kappa shape index (κ1) is 21.0.